The van der Waals surface area contributed by atoms with E-state index in [1.54, 1.807) is 19.0 Å². The lowest BCUT2D eigenvalue weighted by atomic mass is 9.94. The Morgan fingerprint density at radius 2 is 2.12 bits per heavy atom. The van der Waals surface area contributed by atoms with Crippen molar-refractivity contribution in [3.63, 3.8) is 0 Å². The summed E-state index contributed by atoms with van der Waals surface area (Å²) in [6, 6.07) is 11.7. The van der Waals surface area contributed by atoms with Crippen LogP contribution < -0.4 is 0 Å². The first-order valence-corrected chi connectivity index (χ1v) is 9.47. The van der Waals surface area contributed by atoms with Crippen LogP contribution in [0.2, 0.25) is 0 Å². The highest BCUT2D eigenvalue weighted by Gasteiger charge is 2.46. The van der Waals surface area contributed by atoms with Crippen LogP contribution in [0.3, 0.4) is 0 Å². The van der Waals surface area contributed by atoms with Gasteiger partial charge in [0.05, 0.1) is 0 Å². The van der Waals surface area contributed by atoms with E-state index in [9.17, 15) is 4.79 Å². The van der Waals surface area contributed by atoms with E-state index in [1.807, 2.05) is 0 Å². The number of aromatic nitrogens is 2. The van der Waals surface area contributed by atoms with Gasteiger partial charge in [-0.05, 0) is 31.4 Å². The van der Waals surface area contributed by atoms with E-state index < -0.39 is 0 Å². The molecule has 26 heavy (non-hydrogen) atoms. The van der Waals surface area contributed by atoms with Gasteiger partial charge < -0.3 is 9.42 Å². The van der Waals surface area contributed by atoms with Crippen molar-refractivity contribution in [1.82, 2.24) is 19.9 Å². The fraction of sp³-hybridized carbons (Fsp3) is 0.550. The first-order chi connectivity index (χ1) is 12.6. The molecule has 2 aliphatic rings. The minimum atomic E-state index is 0.0803. The van der Waals surface area contributed by atoms with Crippen LogP contribution in [-0.4, -0.2) is 52.5 Å². The second-order valence-corrected chi connectivity index (χ2v) is 7.55. The fourth-order valence-corrected chi connectivity index (χ4v) is 4.40. The van der Waals surface area contributed by atoms with Gasteiger partial charge in [-0.2, -0.15) is 4.98 Å². The molecule has 2 saturated heterocycles. The van der Waals surface area contributed by atoms with E-state index in [4.69, 9.17) is 4.52 Å². The standard InChI is InChI=1S/C20H26N4O2/c1-23(2)19(25)11-10-18-21-20(22-26-18)15-13-17(14-7-4-3-5-8-14)24-12-6-9-16(15)24/h3-5,7-8,15-17H,6,9-13H2,1-2H3/t15-,16+,17-/m1/s1. The Labute approximate surface area is 154 Å². The van der Waals surface area contributed by atoms with E-state index in [0.717, 1.165) is 18.8 Å². The molecule has 138 valence electrons. The third kappa shape index (κ3) is 3.26. The van der Waals surface area contributed by atoms with E-state index in [-0.39, 0.29) is 5.91 Å². The van der Waals surface area contributed by atoms with E-state index in [1.165, 1.54) is 18.4 Å². The van der Waals surface area contributed by atoms with Crippen LogP contribution in [0, 0.1) is 0 Å². The van der Waals surface area contributed by atoms with Gasteiger partial charge in [0, 0.05) is 44.9 Å². The van der Waals surface area contributed by atoms with Crippen molar-refractivity contribution in [2.75, 3.05) is 20.6 Å². The zero-order valence-electron chi connectivity index (χ0n) is 15.5. The van der Waals surface area contributed by atoms with Crippen molar-refractivity contribution in [2.45, 2.75) is 50.1 Å². The van der Waals surface area contributed by atoms with Crippen molar-refractivity contribution in [1.29, 1.82) is 0 Å². The van der Waals surface area contributed by atoms with Crippen LogP contribution >= 0.6 is 0 Å². The number of carbonyl (C=O) groups excluding carboxylic acids is 1. The summed E-state index contributed by atoms with van der Waals surface area (Å²) < 4.78 is 5.45. The normalized spacial score (nSPS) is 25.4. The second-order valence-electron chi connectivity index (χ2n) is 7.55. The quantitative estimate of drug-likeness (QED) is 0.826. The summed E-state index contributed by atoms with van der Waals surface area (Å²) in [5.41, 5.74) is 1.38. The van der Waals surface area contributed by atoms with E-state index >= 15 is 0 Å². The summed E-state index contributed by atoms with van der Waals surface area (Å²) in [5.74, 6) is 1.78. The molecular weight excluding hydrogens is 328 g/mol. The van der Waals surface area contributed by atoms with Crippen molar-refractivity contribution in [3.05, 3.63) is 47.6 Å². The number of amides is 1. The Morgan fingerprint density at radius 1 is 1.31 bits per heavy atom. The monoisotopic (exact) mass is 354 g/mol. The molecule has 0 saturated carbocycles. The predicted molar refractivity (Wildman–Crippen MR) is 97.6 cm³/mol. The fourth-order valence-electron chi connectivity index (χ4n) is 4.40. The van der Waals surface area contributed by atoms with Gasteiger partial charge in [0.1, 0.15) is 0 Å². The van der Waals surface area contributed by atoms with Gasteiger partial charge in [-0.3, -0.25) is 9.69 Å². The Bertz CT molecular complexity index is 758. The molecule has 0 aliphatic carbocycles. The average Bonchev–Trinajstić information content (AvgIpc) is 3.36. The maximum atomic E-state index is 11.8. The molecule has 1 aromatic heterocycles. The van der Waals surface area contributed by atoms with Crippen molar-refractivity contribution in [3.8, 4) is 0 Å². The summed E-state index contributed by atoms with van der Waals surface area (Å²) in [5, 5.41) is 4.27. The van der Waals surface area contributed by atoms with E-state index in [0.29, 0.717) is 36.7 Å². The number of benzene rings is 1. The zero-order valence-corrected chi connectivity index (χ0v) is 15.5. The lowest BCUT2D eigenvalue weighted by Gasteiger charge is -2.24. The first kappa shape index (κ1) is 17.2. The molecule has 0 N–H and O–H groups in total. The van der Waals surface area contributed by atoms with Crippen molar-refractivity contribution < 1.29 is 9.32 Å². The Balaban J connectivity index is 1.49. The lowest BCUT2D eigenvalue weighted by molar-refractivity contribution is -0.128. The molecule has 3 atom stereocenters. The van der Waals surface area contributed by atoms with Gasteiger partial charge in [0.25, 0.3) is 0 Å². The minimum absolute atomic E-state index is 0.0803. The molecule has 6 heteroatoms. The molecular formula is C20H26N4O2. The number of fused-ring (bicyclic) bond motifs is 1. The molecule has 4 rings (SSSR count). The summed E-state index contributed by atoms with van der Waals surface area (Å²) in [7, 11) is 3.52. The number of nitrogens with zero attached hydrogens (tertiary/aromatic N) is 4. The molecule has 2 fully saturated rings. The third-order valence-corrected chi connectivity index (χ3v) is 5.74. The number of hydrogen-bond donors (Lipinski definition) is 0. The Hall–Kier alpha value is -2.21. The van der Waals surface area contributed by atoms with Gasteiger partial charge in [0.15, 0.2) is 5.82 Å². The topological polar surface area (TPSA) is 62.5 Å². The highest BCUT2D eigenvalue weighted by Crippen LogP contribution is 2.48. The summed E-state index contributed by atoms with van der Waals surface area (Å²) >= 11 is 0. The maximum absolute atomic E-state index is 11.8. The summed E-state index contributed by atoms with van der Waals surface area (Å²) in [6.45, 7) is 1.14. The smallest absolute Gasteiger partial charge is 0.227 e. The number of aryl methyl sites for hydroxylation is 1. The number of carbonyl (C=O) groups is 1. The molecule has 6 nitrogen and oxygen atoms in total. The van der Waals surface area contributed by atoms with Crippen LogP contribution in [0.15, 0.2) is 34.9 Å². The average molecular weight is 354 g/mol. The second kappa shape index (κ2) is 7.19. The van der Waals surface area contributed by atoms with Gasteiger partial charge in [0.2, 0.25) is 11.8 Å². The van der Waals surface area contributed by atoms with Crippen molar-refractivity contribution >= 4 is 5.91 Å². The van der Waals surface area contributed by atoms with Gasteiger partial charge in [-0.1, -0.05) is 35.5 Å². The van der Waals surface area contributed by atoms with Gasteiger partial charge in [-0.15, -0.1) is 0 Å². The van der Waals surface area contributed by atoms with Gasteiger partial charge in [-0.25, -0.2) is 0 Å². The molecule has 1 aromatic carbocycles. The Kier molecular flexibility index (Phi) is 4.76. The molecule has 3 heterocycles. The van der Waals surface area contributed by atoms with E-state index in [2.05, 4.69) is 45.4 Å². The largest absolute Gasteiger partial charge is 0.349 e. The lowest BCUT2D eigenvalue weighted by Crippen LogP contribution is -2.27. The first-order valence-electron chi connectivity index (χ1n) is 9.47. The van der Waals surface area contributed by atoms with Crippen LogP contribution in [-0.2, 0) is 11.2 Å². The van der Waals surface area contributed by atoms with Crippen LogP contribution in [0.1, 0.15) is 54.9 Å². The summed E-state index contributed by atoms with van der Waals surface area (Å²) in [4.78, 5) is 20.6. The Morgan fingerprint density at radius 3 is 2.88 bits per heavy atom. The minimum Gasteiger partial charge on any atom is -0.349 e. The van der Waals surface area contributed by atoms with Crippen LogP contribution in [0.4, 0.5) is 0 Å². The van der Waals surface area contributed by atoms with Gasteiger partial charge >= 0.3 is 0 Å². The zero-order chi connectivity index (χ0) is 18.1. The highest BCUT2D eigenvalue weighted by molar-refractivity contribution is 5.75. The molecule has 0 bridgehead atoms. The number of rotatable bonds is 5. The third-order valence-electron chi connectivity index (χ3n) is 5.74. The molecule has 0 spiro atoms. The van der Waals surface area contributed by atoms with Crippen molar-refractivity contribution in [2.24, 2.45) is 0 Å². The molecule has 0 radical (unpaired) electrons. The molecule has 2 aromatic rings. The highest BCUT2D eigenvalue weighted by atomic mass is 16.5. The van der Waals surface area contributed by atoms with Crippen LogP contribution in [0.25, 0.3) is 0 Å². The molecule has 2 aliphatic heterocycles. The van der Waals surface area contributed by atoms with Crippen LogP contribution in [0.5, 0.6) is 0 Å². The molecule has 1 amide bonds. The predicted octanol–water partition coefficient (Wildman–Crippen LogP) is 2.78. The SMILES string of the molecule is CN(C)C(=O)CCc1nc([C@@H]2C[C@H](c3ccccc3)N3CCC[C@@H]23)no1. The summed E-state index contributed by atoms with van der Waals surface area (Å²) in [6.07, 6.45) is 4.36. The maximum Gasteiger partial charge on any atom is 0.227 e. The molecule has 0 unspecified atom stereocenters. The number of hydrogen-bond acceptors (Lipinski definition) is 5.